The standard InChI is InChI=1S/C7H3F12O4P.C5H6F5O4P.C4H8FO4P.C3H3F4O4P.C3H6FO4P/c1-21-24(20)22-2(4(8,9)10,5(11,12)13)3(23-24,6(14,15)16)7(17,18)19;1-3(6)4(7,8)5(9,10)14-15(11,12-2)13-3;1-7-10(6)8-3-2-4(5)9-10;1-9-12(8)10-2(4,5)3(6,7)11-12;1-6-9(5)7-2-3(4)8-9/h1H3;1-2H3;4H,2-3H2,1H3;1H3;3H,2H2,1H3. The fraction of sp³-hybridized carbons (Fsp3) is 1.00. The summed E-state index contributed by atoms with van der Waals surface area (Å²) in [5.41, 5.74) is -14.1. The fourth-order valence-electron chi connectivity index (χ4n) is 4.21. The summed E-state index contributed by atoms with van der Waals surface area (Å²) in [6.45, 7) is -0.230. The summed E-state index contributed by atoms with van der Waals surface area (Å²) in [5.74, 6) is -9.42. The van der Waals surface area contributed by atoms with Crippen LogP contribution in [0.1, 0.15) is 13.3 Å². The molecular weight excluding hydrogens is 1180 g/mol. The Balaban J connectivity index is 0.000000460. The highest BCUT2D eigenvalue weighted by atomic mass is 31.2. The molecule has 0 aliphatic carbocycles. The van der Waals surface area contributed by atoms with Crippen LogP contribution < -0.4 is 0 Å². The monoisotopic (exact) mass is 1200 g/mol. The summed E-state index contributed by atoms with van der Waals surface area (Å²) in [7, 11) is -19.9. The maximum absolute atomic E-state index is 13.0. The predicted molar refractivity (Wildman–Crippen MR) is 167 cm³/mol. The van der Waals surface area contributed by atoms with Crippen molar-refractivity contribution in [2.24, 2.45) is 0 Å². The second kappa shape index (κ2) is 21.5. The second-order valence-electron chi connectivity index (χ2n) is 12.0. The van der Waals surface area contributed by atoms with E-state index in [2.05, 4.69) is 67.9 Å². The molecule has 5 heterocycles. The van der Waals surface area contributed by atoms with E-state index in [1.807, 2.05) is 0 Å². The first-order valence-corrected chi connectivity index (χ1v) is 23.5. The van der Waals surface area contributed by atoms with E-state index in [-0.39, 0.29) is 33.7 Å². The van der Waals surface area contributed by atoms with Crippen molar-refractivity contribution < 1.29 is 192 Å². The van der Waals surface area contributed by atoms with E-state index in [1.165, 1.54) is 0 Å². The van der Waals surface area contributed by atoms with E-state index in [0.717, 1.165) is 14.2 Å². The van der Waals surface area contributed by atoms with Gasteiger partial charge in [0, 0.05) is 48.9 Å². The van der Waals surface area contributed by atoms with Gasteiger partial charge < -0.3 is 0 Å². The quantitative estimate of drug-likeness (QED) is 0.184. The van der Waals surface area contributed by atoms with Crippen LogP contribution in [0.2, 0.25) is 0 Å². The average Bonchev–Trinajstić information content (AvgIpc) is 3.75. The van der Waals surface area contributed by atoms with Crippen LogP contribution in [0.3, 0.4) is 0 Å². The molecule has 0 N–H and O–H groups in total. The number of rotatable bonds is 5. The largest absolute Gasteiger partial charge is 0.484 e. The molecule has 5 rings (SSSR count). The van der Waals surface area contributed by atoms with E-state index in [4.69, 9.17) is 0 Å². The number of hydrogen-bond donors (Lipinski definition) is 0. The molecule has 5 aliphatic heterocycles. The van der Waals surface area contributed by atoms with Crippen LogP contribution in [0.5, 0.6) is 0 Å². The Morgan fingerprint density at radius 1 is 0.429 bits per heavy atom. The lowest BCUT2D eigenvalue weighted by Gasteiger charge is -2.44. The lowest BCUT2D eigenvalue weighted by atomic mass is 9.79. The fourth-order valence-corrected chi connectivity index (χ4v) is 9.67. The van der Waals surface area contributed by atoms with Crippen LogP contribution in [-0.4, -0.2) is 127 Å². The highest BCUT2D eigenvalue weighted by Crippen LogP contribution is 2.77. The maximum Gasteiger partial charge on any atom is 0.484 e. The highest BCUT2D eigenvalue weighted by molar-refractivity contribution is 7.49. The Morgan fingerprint density at radius 3 is 0.943 bits per heavy atom. The van der Waals surface area contributed by atoms with Gasteiger partial charge in [-0.15, -0.1) is 0 Å². The lowest BCUT2D eigenvalue weighted by Crippen LogP contribution is -2.79. The topological polar surface area (TPSA) is 224 Å². The molecule has 5 saturated heterocycles. The number of halogens is 23. The van der Waals surface area contributed by atoms with Gasteiger partial charge in [0.2, 0.25) is 12.7 Å². The zero-order valence-corrected chi connectivity index (χ0v) is 38.3. The molecule has 420 valence electrons. The van der Waals surface area contributed by atoms with Crippen LogP contribution in [0.25, 0.3) is 0 Å². The molecule has 0 aromatic heterocycles. The second-order valence-corrected chi connectivity index (χ2v) is 20.4. The van der Waals surface area contributed by atoms with Gasteiger partial charge >= 0.3 is 99.3 Å². The molecular formula is C22H26F23O20P5. The molecule has 5 fully saturated rings. The highest BCUT2D eigenvalue weighted by Gasteiger charge is 3.01. The Hall–Kier alpha value is -1.06. The van der Waals surface area contributed by atoms with Gasteiger partial charge in [0.05, 0.1) is 6.61 Å². The molecule has 0 radical (unpaired) electrons. The van der Waals surface area contributed by atoms with Crippen molar-refractivity contribution in [1.29, 1.82) is 0 Å². The molecule has 0 bridgehead atoms. The number of hydrogen-bond acceptors (Lipinski definition) is 20. The smallest absolute Gasteiger partial charge is 0.290 e. The van der Waals surface area contributed by atoms with Gasteiger partial charge in [-0.1, -0.05) is 0 Å². The first kappa shape index (κ1) is 67.0. The maximum atomic E-state index is 13.0. The van der Waals surface area contributed by atoms with Crippen LogP contribution in [-0.2, 0) is 90.7 Å². The third kappa shape index (κ3) is 13.9. The van der Waals surface area contributed by atoms with E-state index in [9.17, 15) is 124 Å². The Bertz CT molecular complexity index is 1920. The molecule has 0 spiro atoms. The summed E-state index contributed by atoms with van der Waals surface area (Å²) in [6, 6.07) is 0. The molecule has 0 aromatic rings. The van der Waals surface area contributed by atoms with Crippen molar-refractivity contribution in [2.75, 3.05) is 48.8 Å². The zero-order chi connectivity index (χ0) is 55.9. The molecule has 6 unspecified atom stereocenters. The third-order valence-corrected chi connectivity index (χ3v) is 14.5. The zero-order valence-electron chi connectivity index (χ0n) is 33.9. The van der Waals surface area contributed by atoms with Crippen molar-refractivity contribution in [2.45, 2.75) is 92.1 Å². The van der Waals surface area contributed by atoms with Crippen molar-refractivity contribution >= 4 is 39.1 Å². The van der Waals surface area contributed by atoms with Gasteiger partial charge in [-0.2, -0.15) is 87.8 Å². The van der Waals surface area contributed by atoms with Gasteiger partial charge in [-0.05, 0) is 0 Å². The summed E-state index contributed by atoms with van der Waals surface area (Å²) < 4.78 is 400. The van der Waals surface area contributed by atoms with Crippen LogP contribution in [0.4, 0.5) is 101 Å². The number of alkyl halides is 23. The van der Waals surface area contributed by atoms with E-state index < -0.39 is 118 Å². The summed E-state index contributed by atoms with van der Waals surface area (Å²) in [6.07, 6.45) is -47.8. The molecule has 48 heteroatoms. The van der Waals surface area contributed by atoms with Crippen LogP contribution in [0.15, 0.2) is 0 Å². The van der Waals surface area contributed by atoms with Gasteiger partial charge in [0.1, 0.15) is 6.61 Å². The van der Waals surface area contributed by atoms with Gasteiger partial charge in [-0.3, -0.25) is 45.2 Å². The SMILES string of the molecule is COP1(=O)OC(C(F)(F)F)(C(F)(F)F)C(C(F)(F)F)(C(F)(F)F)O1.COP1(=O)OC(C)(F)C(F)(F)C(F)(F)O1.COP1(=O)OC(F)(F)C(F)(F)O1.COP1(=O)OCC(F)O1.COP1(=O)OCCC(F)O1. The van der Waals surface area contributed by atoms with Crippen molar-refractivity contribution in [3.05, 3.63) is 0 Å². The summed E-state index contributed by atoms with van der Waals surface area (Å²) in [5, 5.41) is 0. The normalized spacial score (nSPS) is 34.5. The first-order valence-electron chi connectivity index (χ1n) is 16.2. The van der Waals surface area contributed by atoms with Crippen molar-refractivity contribution in [3.63, 3.8) is 0 Å². The summed E-state index contributed by atoms with van der Waals surface area (Å²) in [4.78, 5) is 0. The molecule has 20 nitrogen and oxygen atoms in total. The Labute approximate surface area is 372 Å². The molecule has 0 amide bonds. The third-order valence-electron chi connectivity index (χ3n) is 7.38. The van der Waals surface area contributed by atoms with Gasteiger partial charge in [-0.25, -0.2) is 58.6 Å². The minimum absolute atomic E-state index is 0.00903. The Morgan fingerprint density at radius 2 is 0.714 bits per heavy atom. The molecule has 0 aromatic carbocycles. The van der Waals surface area contributed by atoms with Crippen molar-refractivity contribution in [1.82, 2.24) is 0 Å². The first-order chi connectivity index (χ1) is 30.7. The van der Waals surface area contributed by atoms with E-state index >= 15 is 0 Å². The summed E-state index contributed by atoms with van der Waals surface area (Å²) >= 11 is 0. The average molecular weight is 1200 g/mol. The van der Waals surface area contributed by atoms with Gasteiger partial charge in [0.25, 0.3) is 5.85 Å². The van der Waals surface area contributed by atoms with Crippen LogP contribution >= 0.6 is 39.1 Å². The minimum atomic E-state index is -7.40. The molecule has 5 aliphatic rings. The predicted octanol–water partition coefficient (Wildman–Crippen LogP) is 11.7. The molecule has 6 atom stereocenters. The molecule has 70 heavy (non-hydrogen) atoms. The molecule has 0 saturated carbocycles. The lowest BCUT2D eigenvalue weighted by molar-refractivity contribution is -0.464. The van der Waals surface area contributed by atoms with Gasteiger partial charge in [0.15, 0.2) is 0 Å². The van der Waals surface area contributed by atoms with Crippen molar-refractivity contribution in [3.8, 4) is 0 Å². The minimum Gasteiger partial charge on any atom is -0.290 e. The van der Waals surface area contributed by atoms with Crippen LogP contribution in [0, 0.1) is 0 Å². The van der Waals surface area contributed by atoms with E-state index in [0.29, 0.717) is 14.2 Å². The Kier molecular flexibility index (Phi) is 20.6. The number of phosphoric acid groups is 5. The van der Waals surface area contributed by atoms with E-state index in [1.54, 1.807) is 0 Å². The number of phosphoric ester groups is 5.